The summed E-state index contributed by atoms with van der Waals surface area (Å²) in [6.07, 6.45) is -0.227. The quantitative estimate of drug-likeness (QED) is 0.537. The number of anilines is 2. The normalized spacial score (nSPS) is 12.2. The Labute approximate surface area is 155 Å². The number of carboxylic acid groups (broad SMARTS) is 1. The van der Waals surface area contributed by atoms with E-state index < -0.39 is 33.8 Å². The summed E-state index contributed by atoms with van der Waals surface area (Å²) in [4.78, 5) is 22.3. The first kappa shape index (κ1) is 20.3. The average molecular weight is 395 g/mol. The summed E-state index contributed by atoms with van der Waals surface area (Å²) in [5.41, 5.74) is 6.22. The fourth-order valence-electron chi connectivity index (χ4n) is 2.09. The Balaban J connectivity index is 1.99. The predicted octanol–water partition coefficient (Wildman–Crippen LogP) is 1.76. The molecule has 0 heterocycles. The van der Waals surface area contributed by atoms with Crippen LogP contribution in [0.4, 0.5) is 15.8 Å². The summed E-state index contributed by atoms with van der Waals surface area (Å²) in [5, 5.41) is 11.1. The SMILES string of the molecule is N[C@@H](CCC(=O)O)C(=O)Nc1ccc(NS(=O)(=O)c2ccc(F)cc2)cc1. The van der Waals surface area contributed by atoms with Crippen LogP contribution in [-0.2, 0) is 19.6 Å². The van der Waals surface area contributed by atoms with Gasteiger partial charge >= 0.3 is 5.97 Å². The molecule has 0 radical (unpaired) electrons. The molecule has 1 amide bonds. The molecule has 0 aromatic heterocycles. The number of carboxylic acids is 1. The third-order valence-electron chi connectivity index (χ3n) is 3.53. The Morgan fingerprint density at radius 2 is 1.59 bits per heavy atom. The number of aliphatic carboxylic acids is 1. The number of nitrogens with two attached hydrogens (primary N) is 1. The van der Waals surface area contributed by atoms with E-state index in [2.05, 4.69) is 10.0 Å². The molecule has 8 nitrogen and oxygen atoms in total. The van der Waals surface area contributed by atoms with E-state index in [0.717, 1.165) is 24.3 Å². The summed E-state index contributed by atoms with van der Waals surface area (Å²) in [7, 11) is -3.87. The second-order valence-electron chi connectivity index (χ2n) is 5.66. The molecule has 0 aliphatic rings. The van der Waals surface area contributed by atoms with Crippen LogP contribution in [0.3, 0.4) is 0 Å². The zero-order valence-corrected chi connectivity index (χ0v) is 14.9. The maximum atomic E-state index is 12.9. The van der Waals surface area contributed by atoms with Gasteiger partial charge < -0.3 is 16.2 Å². The van der Waals surface area contributed by atoms with E-state index in [1.165, 1.54) is 24.3 Å². The highest BCUT2D eigenvalue weighted by atomic mass is 32.2. The van der Waals surface area contributed by atoms with Crippen LogP contribution in [0, 0.1) is 5.82 Å². The molecule has 5 N–H and O–H groups in total. The Hall–Kier alpha value is -2.98. The van der Waals surface area contributed by atoms with E-state index in [1.807, 2.05) is 0 Å². The van der Waals surface area contributed by atoms with Gasteiger partial charge in [0.2, 0.25) is 5.91 Å². The van der Waals surface area contributed by atoms with Crippen molar-refractivity contribution in [1.29, 1.82) is 0 Å². The number of carbonyl (C=O) groups is 2. The second kappa shape index (κ2) is 8.60. The molecule has 10 heteroatoms. The number of amides is 1. The minimum Gasteiger partial charge on any atom is -0.481 e. The van der Waals surface area contributed by atoms with Crippen molar-refractivity contribution in [2.45, 2.75) is 23.8 Å². The molecule has 0 unspecified atom stereocenters. The van der Waals surface area contributed by atoms with E-state index in [0.29, 0.717) is 5.69 Å². The lowest BCUT2D eigenvalue weighted by atomic mass is 10.1. The van der Waals surface area contributed by atoms with Crippen molar-refractivity contribution in [1.82, 2.24) is 0 Å². The number of carbonyl (C=O) groups excluding carboxylic acids is 1. The number of sulfonamides is 1. The maximum absolute atomic E-state index is 12.9. The van der Waals surface area contributed by atoms with Crippen LogP contribution in [0.1, 0.15) is 12.8 Å². The maximum Gasteiger partial charge on any atom is 0.303 e. The van der Waals surface area contributed by atoms with Gasteiger partial charge in [-0.3, -0.25) is 14.3 Å². The number of hydrogen-bond donors (Lipinski definition) is 4. The van der Waals surface area contributed by atoms with Crippen LogP contribution in [0.2, 0.25) is 0 Å². The minimum absolute atomic E-state index is 0.00325. The topological polar surface area (TPSA) is 139 Å². The molecular formula is C17H18FN3O5S. The first-order valence-corrected chi connectivity index (χ1v) is 9.32. The van der Waals surface area contributed by atoms with Gasteiger partial charge in [0.25, 0.3) is 10.0 Å². The molecule has 0 saturated heterocycles. The van der Waals surface area contributed by atoms with Gasteiger partial charge in [-0.15, -0.1) is 0 Å². The van der Waals surface area contributed by atoms with Crippen LogP contribution in [0.15, 0.2) is 53.4 Å². The monoisotopic (exact) mass is 395 g/mol. The fraction of sp³-hybridized carbons (Fsp3) is 0.176. The van der Waals surface area contributed by atoms with Crippen LogP contribution < -0.4 is 15.8 Å². The highest BCUT2D eigenvalue weighted by Gasteiger charge is 2.16. The van der Waals surface area contributed by atoms with Gasteiger partial charge in [-0.05, 0) is 55.0 Å². The summed E-state index contributed by atoms with van der Waals surface area (Å²) in [5.74, 6) is -2.14. The van der Waals surface area contributed by atoms with E-state index in [9.17, 15) is 22.4 Å². The Kier molecular flexibility index (Phi) is 6.48. The third kappa shape index (κ3) is 6.04. The largest absolute Gasteiger partial charge is 0.481 e. The van der Waals surface area contributed by atoms with Crippen molar-refractivity contribution in [2.24, 2.45) is 5.73 Å². The molecule has 2 aromatic carbocycles. The number of benzene rings is 2. The lowest BCUT2D eigenvalue weighted by Gasteiger charge is -2.12. The molecule has 0 saturated carbocycles. The van der Waals surface area contributed by atoms with Gasteiger partial charge in [0, 0.05) is 17.8 Å². The molecule has 2 rings (SSSR count). The number of rotatable bonds is 8. The summed E-state index contributed by atoms with van der Waals surface area (Å²) in [6, 6.07) is 9.18. The first-order chi connectivity index (χ1) is 12.7. The van der Waals surface area contributed by atoms with E-state index in [1.54, 1.807) is 0 Å². The number of hydrogen-bond acceptors (Lipinski definition) is 5. The van der Waals surface area contributed by atoms with Crippen molar-refractivity contribution >= 4 is 33.3 Å². The first-order valence-electron chi connectivity index (χ1n) is 7.84. The standard InChI is InChI=1S/C17H18FN3O5S/c18-11-1-7-14(8-2-11)27(25,26)21-13-5-3-12(4-6-13)20-17(24)15(19)9-10-16(22)23/h1-8,15,21H,9-10,19H2,(H,20,24)(H,22,23)/t15-/m0/s1. The summed E-state index contributed by atoms with van der Waals surface area (Å²) in [6.45, 7) is 0. The molecule has 0 aliphatic carbocycles. The predicted molar refractivity (Wildman–Crippen MR) is 97.1 cm³/mol. The Morgan fingerprint density at radius 3 is 2.15 bits per heavy atom. The molecule has 0 spiro atoms. The van der Waals surface area contributed by atoms with Gasteiger partial charge in [-0.2, -0.15) is 0 Å². The minimum atomic E-state index is -3.87. The summed E-state index contributed by atoms with van der Waals surface area (Å²) >= 11 is 0. The van der Waals surface area contributed by atoms with Gasteiger partial charge in [0.05, 0.1) is 10.9 Å². The second-order valence-corrected chi connectivity index (χ2v) is 7.35. The van der Waals surface area contributed by atoms with Crippen molar-refractivity contribution < 1.29 is 27.5 Å². The molecule has 27 heavy (non-hydrogen) atoms. The molecule has 0 bridgehead atoms. The van der Waals surface area contributed by atoms with Gasteiger partial charge in [-0.25, -0.2) is 12.8 Å². The highest BCUT2D eigenvalue weighted by molar-refractivity contribution is 7.92. The highest BCUT2D eigenvalue weighted by Crippen LogP contribution is 2.19. The molecule has 144 valence electrons. The molecule has 0 fully saturated rings. The van der Waals surface area contributed by atoms with Crippen molar-refractivity contribution in [3.8, 4) is 0 Å². The lowest BCUT2D eigenvalue weighted by Crippen LogP contribution is -2.36. The molecular weight excluding hydrogens is 377 g/mol. The van der Waals surface area contributed by atoms with Crippen LogP contribution in [0.25, 0.3) is 0 Å². The van der Waals surface area contributed by atoms with Crippen molar-refractivity contribution in [3.05, 3.63) is 54.3 Å². The Morgan fingerprint density at radius 1 is 1.04 bits per heavy atom. The summed E-state index contributed by atoms with van der Waals surface area (Å²) < 4.78 is 39.7. The molecule has 0 aliphatic heterocycles. The van der Waals surface area contributed by atoms with Crippen molar-refractivity contribution in [2.75, 3.05) is 10.0 Å². The van der Waals surface area contributed by atoms with Gasteiger partial charge in [0.15, 0.2) is 0 Å². The molecule has 1 atom stereocenters. The fourth-order valence-corrected chi connectivity index (χ4v) is 3.15. The average Bonchev–Trinajstić information content (AvgIpc) is 2.61. The van der Waals surface area contributed by atoms with Crippen LogP contribution in [-0.4, -0.2) is 31.4 Å². The van der Waals surface area contributed by atoms with Gasteiger partial charge in [0.1, 0.15) is 5.82 Å². The number of nitrogens with one attached hydrogen (secondary N) is 2. The zero-order valence-electron chi connectivity index (χ0n) is 14.1. The lowest BCUT2D eigenvalue weighted by molar-refractivity contribution is -0.137. The molecule has 2 aromatic rings. The smallest absolute Gasteiger partial charge is 0.303 e. The Bertz CT molecular complexity index is 915. The van der Waals surface area contributed by atoms with Gasteiger partial charge in [-0.1, -0.05) is 0 Å². The van der Waals surface area contributed by atoms with Crippen molar-refractivity contribution in [3.63, 3.8) is 0 Å². The zero-order chi connectivity index (χ0) is 20.0. The van der Waals surface area contributed by atoms with E-state index >= 15 is 0 Å². The number of halogens is 1. The van der Waals surface area contributed by atoms with Crippen LogP contribution >= 0.6 is 0 Å². The van der Waals surface area contributed by atoms with Crippen LogP contribution in [0.5, 0.6) is 0 Å². The van der Waals surface area contributed by atoms with E-state index in [4.69, 9.17) is 10.8 Å². The third-order valence-corrected chi connectivity index (χ3v) is 4.93. The van der Waals surface area contributed by atoms with E-state index in [-0.39, 0.29) is 23.4 Å².